The first-order chi connectivity index (χ1) is 13.7. The van der Waals surface area contributed by atoms with Crippen LogP contribution in [0.2, 0.25) is 0 Å². The van der Waals surface area contributed by atoms with E-state index in [0.29, 0.717) is 0 Å². The first-order valence-electron chi connectivity index (χ1n) is 9.91. The number of nitrogens with zero attached hydrogens (tertiary/aromatic N) is 1. The molecule has 2 N–H and O–H groups in total. The van der Waals surface area contributed by atoms with Crippen LogP contribution in [0.25, 0.3) is 0 Å². The number of ether oxygens (including phenoxy) is 2. The van der Waals surface area contributed by atoms with Gasteiger partial charge in [0.1, 0.15) is 5.75 Å². The van der Waals surface area contributed by atoms with E-state index in [-0.39, 0.29) is 11.5 Å². The molecule has 3 rings (SSSR count). The first-order valence-corrected chi connectivity index (χ1v) is 9.91. The van der Waals surface area contributed by atoms with Crippen molar-refractivity contribution in [2.75, 3.05) is 33.9 Å². The van der Waals surface area contributed by atoms with Gasteiger partial charge in [0.25, 0.3) is 0 Å². The van der Waals surface area contributed by atoms with Crippen LogP contribution >= 0.6 is 0 Å². The van der Waals surface area contributed by atoms with Crippen molar-refractivity contribution >= 4 is 5.96 Å². The molecule has 1 unspecified atom stereocenters. The van der Waals surface area contributed by atoms with Crippen LogP contribution in [0.15, 0.2) is 59.6 Å². The van der Waals surface area contributed by atoms with Crippen LogP contribution in [-0.4, -0.2) is 39.9 Å². The number of nitrogens with one attached hydrogen (secondary N) is 2. The van der Waals surface area contributed by atoms with Crippen LogP contribution in [0, 0.1) is 0 Å². The fourth-order valence-corrected chi connectivity index (χ4v) is 3.75. The largest absolute Gasteiger partial charge is 0.497 e. The van der Waals surface area contributed by atoms with Crippen LogP contribution in [0.1, 0.15) is 36.9 Å². The third kappa shape index (κ3) is 4.84. The predicted molar refractivity (Wildman–Crippen MR) is 114 cm³/mol. The van der Waals surface area contributed by atoms with Gasteiger partial charge in [-0.1, -0.05) is 42.5 Å². The summed E-state index contributed by atoms with van der Waals surface area (Å²) in [6.45, 7) is 4.51. The van der Waals surface area contributed by atoms with E-state index in [1.807, 2.05) is 25.2 Å². The Labute approximate surface area is 168 Å². The number of rotatable bonds is 6. The minimum atomic E-state index is 0.0259. The quantitative estimate of drug-likeness (QED) is 0.592. The molecule has 1 fully saturated rings. The summed E-state index contributed by atoms with van der Waals surface area (Å²) in [5.41, 5.74) is 2.58. The van der Waals surface area contributed by atoms with Gasteiger partial charge >= 0.3 is 0 Å². The highest BCUT2D eigenvalue weighted by molar-refractivity contribution is 5.80. The molecule has 28 heavy (non-hydrogen) atoms. The van der Waals surface area contributed by atoms with E-state index in [1.54, 1.807) is 7.11 Å². The molecule has 0 bridgehead atoms. The molecule has 1 atom stereocenters. The Balaban J connectivity index is 1.70. The van der Waals surface area contributed by atoms with Crippen molar-refractivity contribution in [2.45, 2.75) is 31.2 Å². The van der Waals surface area contributed by atoms with Crippen molar-refractivity contribution in [3.8, 4) is 5.75 Å². The Kier molecular flexibility index (Phi) is 6.93. The van der Waals surface area contributed by atoms with Crippen LogP contribution in [-0.2, 0) is 10.2 Å². The van der Waals surface area contributed by atoms with E-state index in [1.165, 1.54) is 11.1 Å². The average molecular weight is 382 g/mol. The topological polar surface area (TPSA) is 54.9 Å². The lowest BCUT2D eigenvalue weighted by Gasteiger charge is -2.38. The number of hydrogen-bond acceptors (Lipinski definition) is 3. The Hall–Kier alpha value is -2.53. The lowest BCUT2D eigenvalue weighted by Crippen LogP contribution is -2.48. The van der Waals surface area contributed by atoms with Crippen LogP contribution in [0.5, 0.6) is 5.75 Å². The van der Waals surface area contributed by atoms with Crippen molar-refractivity contribution in [3.05, 3.63) is 65.7 Å². The van der Waals surface area contributed by atoms with Crippen LogP contribution in [0.4, 0.5) is 0 Å². The van der Waals surface area contributed by atoms with Gasteiger partial charge in [-0.2, -0.15) is 0 Å². The second kappa shape index (κ2) is 9.60. The van der Waals surface area contributed by atoms with Crippen molar-refractivity contribution in [1.82, 2.24) is 10.6 Å². The molecule has 2 aromatic carbocycles. The summed E-state index contributed by atoms with van der Waals surface area (Å²) in [5, 5.41) is 7.06. The summed E-state index contributed by atoms with van der Waals surface area (Å²) in [5.74, 6) is 1.70. The Morgan fingerprint density at radius 2 is 1.79 bits per heavy atom. The van der Waals surface area contributed by atoms with E-state index >= 15 is 0 Å². The molecule has 0 spiro atoms. The monoisotopic (exact) mass is 381 g/mol. The molecule has 0 aliphatic carbocycles. The highest BCUT2D eigenvalue weighted by Gasteiger charge is 2.34. The van der Waals surface area contributed by atoms with Crippen molar-refractivity contribution in [2.24, 2.45) is 4.99 Å². The van der Waals surface area contributed by atoms with Crippen molar-refractivity contribution in [3.63, 3.8) is 0 Å². The molecule has 1 saturated heterocycles. The first kappa shape index (κ1) is 20.2. The lowest BCUT2D eigenvalue weighted by molar-refractivity contribution is 0.0513. The van der Waals surface area contributed by atoms with E-state index < -0.39 is 0 Å². The molecule has 2 aromatic rings. The number of aliphatic imine (C=N–C) groups is 1. The molecular formula is C23H31N3O2. The minimum absolute atomic E-state index is 0.0259. The fourth-order valence-electron chi connectivity index (χ4n) is 3.75. The van der Waals surface area contributed by atoms with Crippen LogP contribution < -0.4 is 15.4 Å². The SMILES string of the molecule is CN=C(NCC1(c2ccc(OC)cc2)CCOCC1)NC(C)c1ccccc1. The van der Waals surface area contributed by atoms with Gasteiger partial charge in [0, 0.05) is 32.2 Å². The summed E-state index contributed by atoms with van der Waals surface area (Å²) in [6, 6.07) is 19.0. The van der Waals surface area contributed by atoms with Crippen molar-refractivity contribution < 1.29 is 9.47 Å². The smallest absolute Gasteiger partial charge is 0.191 e. The summed E-state index contributed by atoms with van der Waals surface area (Å²) in [4.78, 5) is 4.43. The van der Waals surface area contributed by atoms with E-state index in [4.69, 9.17) is 9.47 Å². The average Bonchev–Trinajstić information content (AvgIpc) is 2.77. The Morgan fingerprint density at radius 1 is 1.11 bits per heavy atom. The molecule has 5 nitrogen and oxygen atoms in total. The highest BCUT2D eigenvalue weighted by atomic mass is 16.5. The molecular weight excluding hydrogens is 350 g/mol. The van der Waals surface area contributed by atoms with E-state index in [0.717, 1.165) is 44.3 Å². The standard InChI is InChI=1S/C23H31N3O2/c1-18(19-7-5-4-6-8-19)26-22(24-2)25-17-23(13-15-28-16-14-23)20-9-11-21(27-3)12-10-20/h4-12,18H,13-17H2,1-3H3,(H2,24,25,26). The summed E-state index contributed by atoms with van der Waals surface area (Å²) >= 11 is 0. The molecule has 150 valence electrons. The maximum atomic E-state index is 5.65. The van der Waals surface area contributed by atoms with Gasteiger partial charge in [0.2, 0.25) is 0 Å². The van der Waals surface area contributed by atoms with Gasteiger partial charge in [-0.05, 0) is 43.0 Å². The molecule has 1 aliphatic rings. The second-order valence-electron chi connectivity index (χ2n) is 7.32. The third-order valence-corrected chi connectivity index (χ3v) is 5.62. The highest BCUT2D eigenvalue weighted by Crippen LogP contribution is 2.35. The molecule has 0 amide bonds. The third-order valence-electron chi connectivity index (χ3n) is 5.62. The van der Waals surface area contributed by atoms with Gasteiger partial charge in [-0.15, -0.1) is 0 Å². The molecule has 1 aliphatic heterocycles. The van der Waals surface area contributed by atoms with E-state index in [9.17, 15) is 0 Å². The summed E-state index contributed by atoms with van der Waals surface area (Å²) in [6.07, 6.45) is 1.97. The summed E-state index contributed by atoms with van der Waals surface area (Å²) in [7, 11) is 3.52. The zero-order valence-corrected chi connectivity index (χ0v) is 17.1. The number of guanidine groups is 1. The Morgan fingerprint density at radius 3 is 2.39 bits per heavy atom. The molecule has 0 radical (unpaired) electrons. The minimum Gasteiger partial charge on any atom is -0.497 e. The lowest BCUT2D eigenvalue weighted by atomic mass is 9.74. The normalized spacial score (nSPS) is 17.6. The number of hydrogen-bond donors (Lipinski definition) is 2. The van der Waals surface area contributed by atoms with E-state index in [2.05, 4.69) is 58.9 Å². The molecule has 0 aromatic heterocycles. The molecule has 5 heteroatoms. The van der Waals surface area contributed by atoms with Gasteiger partial charge < -0.3 is 20.1 Å². The maximum Gasteiger partial charge on any atom is 0.191 e. The summed E-state index contributed by atoms with van der Waals surface area (Å²) < 4.78 is 11.0. The maximum absolute atomic E-state index is 5.65. The Bertz CT molecular complexity index is 753. The van der Waals surface area contributed by atoms with Crippen molar-refractivity contribution in [1.29, 1.82) is 0 Å². The fraction of sp³-hybridized carbons (Fsp3) is 0.435. The molecule has 0 saturated carbocycles. The van der Waals surface area contributed by atoms with Gasteiger partial charge in [0.15, 0.2) is 5.96 Å². The number of methoxy groups -OCH3 is 1. The van der Waals surface area contributed by atoms with Gasteiger partial charge in [-0.25, -0.2) is 0 Å². The zero-order chi connectivity index (χ0) is 19.8. The van der Waals surface area contributed by atoms with Gasteiger partial charge in [0.05, 0.1) is 13.2 Å². The van der Waals surface area contributed by atoms with Crippen LogP contribution in [0.3, 0.4) is 0 Å². The second-order valence-corrected chi connectivity index (χ2v) is 7.32. The van der Waals surface area contributed by atoms with Gasteiger partial charge in [-0.3, -0.25) is 4.99 Å². The number of benzene rings is 2. The predicted octanol–water partition coefficient (Wildman–Crippen LogP) is 3.67. The molecule has 1 heterocycles. The zero-order valence-electron chi connectivity index (χ0n) is 17.1.